The Morgan fingerprint density at radius 1 is 1.14 bits per heavy atom. The van der Waals surface area contributed by atoms with Gasteiger partial charge in [-0.2, -0.15) is 0 Å². The highest BCUT2D eigenvalue weighted by molar-refractivity contribution is 5.33. The first kappa shape index (κ1) is 13.4. The molecule has 3 aliphatic rings. The number of ether oxygens (including phenoxy) is 1. The third-order valence-corrected chi connectivity index (χ3v) is 5.69. The van der Waals surface area contributed by atoms with Crippen LogP contribution in [0.1, 0.15) is 30.9 Å². The van der Waals surface area contributed by atoms with Crippen molar-refractivity contribution in [2.24, 2.45) is 35.3 Å². The van der Waals surface area contributed by atoms with Gasteiger partial charge < -0.3 is 10.5 Å². The Balaban J connectivity index is 1.51. The van der Waals surface area contributed by atoms with Gasteiger partial charge in [-0.3, -0.25) is 0 Å². The zero-order valence-corrected chi connectivity index (χ0v) is 11.5. The highest BCUT2D eigenvalue weighted by atomic mass is 19.4. The van der Waals surface area contributed by atoms with Crippen molar-refractivity contribution in [3.63, 3.8) is 0 Å². The van der Waals surface area contributed by atoms with Crippen molar-refractivity contribution in [1.82, 2.24) is 0 Å². The van der Waals surface area contributed by atoms with Gasteiger partial charge in [0.15, 0.2) is 0 Å². The molecule has 2 bridgehead atoms. The Labute approximate surface area is 121 Å². The molecule has 0 amide bonds. The molecule has 0 radical (unpaired) electrons. The lowest BCUT2D eigenvalue weighted by atomic mass is 9.93. The maximum absolute atomic E-state index is 12.3. The topological polar surface area (TPSA) is 35.2 Å². The first-order chi connectivity index (χ1) is 9.94. The quantitative estimate of drug-likeness (QED) is 0.919. The van der Waals surface area contributed by atoms with Gasteiger partial charge in [0.05, 0.1) is 0 Å². The van der Waals surface area contributed by atoms with Crippen LogP contribution in [0.5, 0.6) is 5.75 Å². The second-order valence-corrected chi connectivity index (χ2v) is 6.71. The average molecular weight is 297 g/mol. The van der Waals surface area contributed by atoms with Gasteiger partial charge in [-0.25, -0.2) is 0 Å². The monoisotopic (exact) mass is 297 g/mol. The maximum atomic E-state index is 12.3. The predicted molar refractivity (Wildman–Crippen MR) is 71.4 cm³/mol. The first-order valence-electron chi connectivity index (χ1n) is 7.55. The van der Waals surface area contributed by atoms with E-state index in [0.29, 0.717) is 17.8 Å². The third kappa shape index (κ3) is 2.22. The minimum atomic E-state index is -4.65. The van der Waals surface area contributed by atoms with Crippen LogP contribution >= 0.6 is 0 Å². The minimum Gasteiger partial charge on any atom is -0.406 e. The van der Waals surface area contributed by atoms with Gasteiger partial charge in [-0.05, 0) is 66.5 Å². The van der Waals surface area contributed by atoms with Crippen molar-refractivity contribution < 1.29 is 17.9 Å². The van der Waals surface area contributed by atoms with E-state index in [1.165, 1.54) is 31.4 Å². The summed E-state index contributed by atoms with van der Waals surface area (Å²) in [5, 5.41) is 0. The van der Waals surface area contributed by atoms with E-state index in [1.807, 2.05) is 6.07 Å². The second-order valence-electron chi connectivity index (χ2n) is 6.71. The first-order valence-corrected chi connectivity index (χ1v) is 7.55. The molecule has 5 heteroatoms. The fraction of sp³-hybridized carbons (Fsp3) is 0.625. The normalized spacial score (nSPS) is 38.2. The summed E-state index contributed by atoms with van der Waals surface area (Å²) in [5.74, 6) is 3.33. The molecule has 0 aliphatic heterocycles. The van der Waals surface area contributed by atoms with Crippen LogP contribution in [-0.2, 0) is 0 Å². The fourth-order valence-electron chi connectivity index (χ4n) is 5.01. The molecule has 3 aliphatic carbocycles. The maximum Gasteiger partial charge on any atom is 0.573 e. The molecule has 21 heavy (non-hydrogen) atoms. The van der Waals surface area contributed by atoms with E-state index >= 15 is 0 Å². The van der Waals surface area contributed by atoms with Gasteiger partial charge in [-0.1, -0.05) is 12.1 Å². The lowest BCUT2D eigenvalue weighted by molar-refractivity contribution is -0.274. The van der Waals surface area contributed by atoms with Crippen LogP contribution in [0.3, 0.4) is 0 Å². The number of halogens is 3. The molecule has 5 atom stereocenters. The van der Waals surface area contributed by atoms with E-state index in [0.717, 1.165) is 17.4 Å². The van der Waals surface area contributed by atoms with Gasteiger partial charge in [0.2, 0.25) is 0 Å². The number of nitrogens with two attached hydrogens (primary N) is 1. The summed E-state index contributed by atoms with van der Waals surface area (Å²) in [5.41, 5.74) is 7.10. The second kappa shape index (κ2) is 4.38. The van der Waals surface area contributed by atoms with Crippen LogP contribution < -0.4 is 10.5 Å². The number of alkyl halides is 3. The molecular weight excluding hydrogens is 279 g/mol. The van der Waals surface area contributed by atoms with Gasteiger partial charge in [0.1, 0.15) is 5.75 Å². The van der Waals surface area contributed by atoms with Crippen LogP contribution in [-0.4, -0.2) is 6.36 Å². The smallest absolute Gasteiger partial charge is 0.406 e. The lowest BCUT2D eigenvalue weighted by Gasteiger charge is -2.17. The largest absolute Gasteiger partial charge is 0.573 e. The summed E-state index contributed by atoms with van der Waals surface area (Å²) in [7, 11) is 0. The third-order valence-electron chi connectivity index (χ3n) is 5.69. The van der Waals surface area contributed by atoms with Crippen molar-refractivity contribution in [3.05, 3.63) is 29.8 Å². The molecule has 4 rings (SSSR count). The minimum absolute atomic E-state index is 0.166. The van der Waals surface area contributed by atoms with Crippen molar-refractivity contribution in [2.75, 3.05) is 0 Å². The van der Waals surface area contributed by atoms with Crippen LogP contribution in [0.4, 0.5) is 13.2 Å². The molecule has 1 aromatic carbocycles. The summed E-state index contributed by atoms with van der Waals surface area (Å²) in [6.07, 6.45) is -0.688. The summed E-state index contributed by atoms with van der Waals surface area (Å²) in [6.45, 7) is 0. The van der Waals surface area contributed by atoms with E-state index in [-0.39, 0.29) is 11.8 Å². The molecule has 2 N–H and O–H groups in total. The van der Waals surface area contributed by atoms with Gasteiger partial charge in [0.25, 0.3) is 0 Å². The van der Waals surface area contributed by atoms with Gasteiger partial charge in [-0.15, -0.1) is 13.2 Å². The number of hydrogen-bond donors (Lipinski definition) is 1. The number of fused-ring (bicyclic) bond motifs is 5. The Kier molecular flexibility index (Phi) is 2.80. The molecule has 0 aromatic heterocycles. The van der Waals surface area contributed by atoms with Crippen LogP contribution in [0.25, 0.3) is 0 Å². The van der Waals surface area contributed by atoms with E-state index in [9.17, 15) is 13.2 Å². The Hall–Kier alpha value is -1.23. The molecule has 3 fully saturated rings. The van der Waals surface area contributed by atoms with Crippen molar-refractivity contribution >= 4 is 0 Å². The summed E-state index contributed by atoms with van der Waals surface area (Å²) < 4.78 is 40.9. The molecule has 0 saturated heterocycles. The molecule has 114 valence electrons. The summed E-state index contributed by atoms with van der Waals surface area (Å²) in [6, 6.07) is 5.99. The van der Waals surface area contributed by atoms with Crippen molar-refractivity contribution in [2.45, 2.75) is 31.7 Å². The van der Waals surface area contributed by atoms with Crippen LogP contribution in [0.15, 0.2) is 24.3 Å². The number of rotatable bonds is 3. The van der Waals surface area contributed by atoms with Crippen LogP contribution in [0, 0.1) is 29.6 Å². The van der Waals surface area contributed by atoms with Crippen LogP contribution in [0.2, 0.25) is 0 Å². The Bertz CT molecular complexity index is 543. The Morgan fingerprint density at radius 3 is 2.43 bits per heavy atom. The molecule has 3 saturated carbocycles. The molecule has 2 nitrogen and oxygen atoms in total. The van der Waals surface area contributed by atoms with E-state index in [2.05, 4.69) is 4.74 Å². The molecule has 0 heterocycles. The highest BCUT2D eigenvalue weighted by Crippen LogP contribution is 2.71. The number of hydrogen-bond acceptors (Lipinski definition) is 2. The molecular formula is C16H18F3NO. The lowest BCUT2D eigenvalue weighted by Crippen LogP contribution is -2.19. The van der Waals surface area contributed by atoms with Gasteiger partial charge in [0, 0.05) is 6.04 Å². The Morgan fingerprint density at radius 2 is 1.81 bits per heavy atom. The average Bonchev–Trinajstić information content (AvgIpc) is 2.83. The molecule has 5 unspecified atom stereocenters. The molecule has 1 aromatic rings. The van der Waals surface area contributed by atoms with Crippen molar-refractivity contribution in [1.29, 1.82) is 0 Å². The number of benzene rings is 1. The molecule has 0 spiro atoms. The van der Waals surface area contributed by atoms with E-state index in [4.69, 9.17) is 5.73 Å². The zero-order valence-electron chi connectivity index (χ0n) is 11.5. The summed E-state index contributed by atoms with van der Waals surface area (Å²) in [4.78, 5) is 0. The SMILES string of the molecule is NC(c1cccc(OC(F)(F)F)c1)C1C2C3CCC(C3)C21. The fourth-order valence-corrected chi connectivity index (χ4v) is 5.01. The highest BCUT2D eigenvalue weighted by Gasteiger charge is 2.66. The van der Waals surface area contributed by atoms with Gasteiger partial charge >= 0.3 is 6.36 Å². The standard InChI is InChI=1S/C16H18F3NO/c17-16(18,19)21-11-3-1-2-10(7-11)15(20)14-12-8-4-5-9(6-8)13(12)14/h1-3,7-9,12-15H,4-6,20H2. The van der Waals surface area contributed by atoms with Crippen molar-refractivity contribution in [3.8, 4) is 5.75 Å². The predicted octanol–water partition coefficient (Wildman–Crippen LogP) is 3.88. The zero-order chi connectivity index (χ0) is 14.8. The summed E-state index contributed by atoms with van der Waals surface area (Å²) >= 11 is 0. The van der Waals surface area contributed by atoms with E-state index in [1.54, 1.807) is 6.07 Å². The van der Waals surface area contributed by atoms with E-state index < -0.39 is 6.36 Å².